The van der Waals surface area contributed by atoms with Gasteiger partial charge in [-0.2, -0.15) is 5.10 Å². The SMILES string of the molecule is Cc1c(-c2c(C(C)C)c3cc(Br)ccc3n2C(=O)O)cn2ncnc2c1C. The first kappa shape index (κ1) is 17.7. The Hall–Kier alpha value is -2.67. The molecule has 0 fully saturated rings. The summed E-state index contributed by atoms with van der Waals surface area (Å²) >= 11 is 3.52. The zero-order valence-corrected chi connectivity index (χ0v) is 17.1. The van der Waals surface area contributed by atoms with Crippen LogP contribution in [-0.4, -0.2) is 30.4 Å². The summed E-state index contributed by atoms with van der Waals surface area (Å²) in [5.74, 6) is 0.142. The van der Waals surface area contributed by atoms with Crippen molar-refractivity contribution >= 4 is 38.6 Å². The Morgan fingerprint density at radius 2 is 1.96 bits per heavy atom. The number of hydrogen-bond acceptors (Lipinski definition) is 3. The van der Waals surface area contributed by atoms with Crippen molar-refractivity contribution < 1.29 is 9.90 Å². The van der Waals surface area contributed by atoms with E-state index in [1.54, 1.807) is 4.52 Å². The van der Waals surface area contributed by atoms with Gasteiger partial charge in [-0.1, -0.05) is 29.8 Å². The fourth-order valence-electron chi connectivity index (χ4n) is 3.78. The Morgan fingerprint density at radius 3 is 2.63 bits per heavy atom. The summed E-state index contributed by atoms with van der Waals surface area (Å²) in [4.78, 5) is 16.6. The molecule has 7 heteroatoms. The maximum absolute atomic E-state index is 12.3. The molecule has 0 atom stereocenters. The van der Waals surface area contributed by atoms with Gasteiger partial charge in [0.15, 0.2) is 5.65 Å². The molecule has 3 heterocycles. The molecule has 138 valence electrons. The zero-order valence-electron chi connectivity index (χ0n) is 15.5. The molecule has 0 aliphatic rings. The van der Waals surface area contributed by atoms with E-state index in [0.29, 0.717) is 11.2 Å². The molecule has 0 aliphatic heterocycles. The van der Waals surface area contributed by atoms with Crippen molar-refractivity contribution in [2.24, 2.45) is 0 Å². The van der Waals surface area contributed by atoms with Crippen LogP contribution < -0.4 is 0 Å². The predicted octanol–water partition coefficient (Wildman–Crippen LogP) is 5.38. The lowest BCUT2D eigenvalue weighted by Gasteiger charge is -2.15. The number of fused-ring (bicyclic) bond motifs is 2. The van der Waals surface area contributed by atoms with Gasteiger partial charge in [-0.25, -0.2) is 18.9 Å². The lowest BCUT2D eigenvalue weighted by molar-refractivity contribution is 0.198. The average Bonchev–Trinajstić information content (AvgIpc) is 3.19. The molecule has 4 aromatic rings. The number of carbonyl (C=O) groups is 1. The van der Waals surface area contributed by atoms with Gasteiger partial charge in [-0.15, -0.1) is 0 Å². The fraction of sp³-hybridized carbons (Fsp3) is 0.250. The first-order chi connectivity index (χ1) is 12.8. The average molecular weight is 427 g/mol. The molecule has 0 aliphatic carbocycles. The minimum absolute atomic E-state index is 0.142. The third-order valence-corrected chi connectivity index (χ3v) is 5.61. The number of carboxylic acid groups (broad SMARTS) is 1. The third kappa shape index (κ3) is 2.56. The summed E-state index contributed by atoms with van der Waals surface area (Å²) in [6.07, 6.45) is 2.39. The van der Waals surface area contributed by atoms with Crippen LogP contribution in [0, 0.1) is 13.8 Å². The van der Waals surface area contributed by atoms with Crippen LogP contribution in [0.25, 0.3) is 27.8 Å². The van der Waals surface area contributed by atoms with E-state index in [0.717, 1.165) is 37.8 Å². The third-order valence-electron chi connectivity index (χ3n) is 5.12. The zero-order chi connectivity index (χ0) is 19.5. The van der Waals surface area contributed by atoms with Crippen molar-refractivity contribution in [1.29, 1.82) is 0 Å². The standard InChI is InChI=1S/C20H19BrN4O2/c1-10(2)17-14-7-13(21)5-6-16(14)25(20(26)27)18(17)15-8-24-19(22-9-23-24)12(4)11(15)3/h5-10H,1-4H3,(H,26,27). The summed E-state index contributed by atoms with van der Waals surface area (Å²) in [6.45, 7) is 8.16. The Kier molecular flexibility index (Phi) is 4.07. The second kappa shape index (κ2) is 6.20. The van der Waals surface area contributed by atoms with E-state index in [1.807, 2.05) is 38.2 Å². The molecule has 1 aromatic carbocycles. The number of halogens is 1. The molecule has 3 aromatic heterocycles. The van der Waals surface area contributed by atoms with Crippen molar-refractivity contribution in [3.05, 3.63) is 51.9 Å². The van der Waals surface area contributed by atoms with Gasteiger partial charge >= 0.3 is 6.09 Å². The van der Waals surface area contributed by atoms with Crippen molar-refractivity contribution in [2.45, 2.75) is 33.6 Å². The smallest absolute Gasteiger partial charge is 0.416 e. The minimum atomic E-state index is -1.00. The summed E-state index contributed by atoms with van der Waals surface area (Å²) in [7, 11) is 0. The largest absolute Gasteiger partial charge is 0.464 e. The maximum atomic E-state index is 12.3. The molecule has 4 rings (SSSR count). The van der Waals surface area contributed by atoms with Crippen molar-refractivity contribution in [2.75, 3.05) is 0 Å². The molecule has 0 amide bonds. The van der Waals surface area contributed by atoms with Crippen LogP contribution in [0.3, 0.4) is 0 Å². The lowest BCUT2D eigenvalue weighted by Crippen LogP contribution is -2.11. The molecular formula is C20H19BrN4O2. The van der Waals surface area contributed by atoms with Gasteiger partial charge in [-0.3, -0.25) is 0 Å². The second-order valence-electron chi connectivity index (χ2n) is 7.02. The van der Waals surface area contributed by atoms with E-state index < -0.39 is 6.09 Å². The topological polar surface area (TPSA) is 72.4 Å². The van der Waals surface area contributed by atoms with Gasteiger partial charge in [-0.05, 0) is 54.7 Å². The van der Waals surface area contributed by atoms with Crippen LogP contribution in [0.1, 0.15) is 36.5 Å². The quantitative estimate of drug-likeness (QED) is 0.466. The van der Waals surface area contributed by atoms with Gasteiger partial charge in [0, 0.05) is 21.6 Å². The van der Waals surface area contributed by atoms with Crippen molar-refractivity contribution in [1.82, 2.24) is 19.2 Å². The molecule has 0 radical (unpaired) electrons. The number of rotatable bonds is 2. The van der Waals surface area contributed by atoms with Crippen LogP contribution in [0.5, 0.6) is 0 Å². The molecule has 0 saturated carbocycles. The molecular weight excluding hydrogens is 408 g/mol. The van der Waals surface area contributed by atoms with Crippen molar-refractivity contribution in [3.63, 3.8) is 0 Å². The van der Waals surface area contributed by atoms with Crippen LogP contribution in [0.4, 0.5) is 4.79 Å². The van der Waals surface area contributed by atoms with Crippen molar-refractivity contribution in [3.8, 4) is 11.3 Å². The number of hydrogen-bond donors (Lipinski definition) is 1. The first-order valence-electron chi connectivity index (χ1n) is 8.68. The molecule has 1 N–H and O–H groups in total. The Labute approximate surface area is 164 Å². The number of aromatic nitrogens is 4. The van der Waals surface area contributed by atoms with Crippen LogP contribution in [0.15, 0.2) is 35.2 Å². The Morgan fingerprint density at radius 1 is 1.22 bits per heavy atom. The number of aryl methyl sites for hydroxylation is 1. The highest BCUT2D eigenvalue weighted by Gasteiger charge is 2.26. The van der Waals surface area contributed by atoms with E-state index >= 15 is 0 Å². The molecule has 0 saturated heterocycles. The molecule has 0 bridgehead atoms. The van der Waals surface area contributed by atoms with Crippen LogP contribution in [-0.2, 0) is 0 Å². The van der Waals surface area contributed by atoms with Gasteiger partial charge in [0.25, 0.3) is 0 Å². The van der Waals surface area contributed by atoms with Gasteiger partial charge in [0.1, 0.15) is 6.33 Å². The highest BCUT2D eigenvalue weighted by molar-refractivity contribution is 9.10. The Balaban J connectivity index is 2.22. The van der Waals surface area contributed by atoms with Gasteiger partial charge in [0.2, 0.25) is 0 Å². The highest BCUT2D eigenvalue weighted by atomic mass is 79.9. The minimum Gasteiger partial charge on any atom is -0.464 e. The van der Waals surface area contributed by atoms with Gasteiger partial charge in [0.05, 0.1) is 11.2 Å². The van der Waals surface area contributed by atoms with E-state index in [4.69, 9.17) is 0 Å². The highest BCUT2D eigenvalue weighted by Crippen LogP contribution is 2.41. The summed E-state index contributed by atoms with van der Waals surface area (Å²) < 4.78 is 4.02. The normalized spacial score (nSPS) is 11.8. The predicted molar refractivity (Wildman–Crippen MR) is 109 cm³/mol. The summed E-state index contributed by atoms with van der Waals surface area (Å²) in [6, 6.07) is 5.71. The Bertz CT molecular complexity index is 1220. The first-order valence-corrected chi connectivity index (χ1v) is 9.47. The summed E-state index contributed by atoms with van der Waals surface area (Å²) in [5.41, 5.74) is 6.01. The van der Waals surface area contributed by atoms with E-state index in [9.17, 15) is 9.90 Å². The summed E-state index contributed by atoms with van der Waals surface area (Å²) in [5, 5.41) is 15.2. The van der Waals surface area contributed by atoms with Crippen LogP contribution >= 0.6 is 15.9 Å². The molecule has 27 heavy (non-hydrogen) atoms. The lowest BCUT2D eigenvalue weighted by atomic mass is 9.94. The number of pyridine rings is 1. The van der Waals surface area contributed by atoms with E-state index in [2.05, 4.69) is 39.9 Å². The van der Waals surface area contributed by atoms with Crippen LogP contribution in [0.2, 0.25) is 0 Å². The molecule has 0 unspecified atom stereocenters. The second-order valence-corrected chi connectivity index (χ2v) is 7.93. The molecule has 6 nitrogen and oxygen atoms in total. The van der Waals surface area contributed by atoms with Gasteiger partial charge < -0.3 is 5.11 Å². The molecule has 0 spiro atoms. The fourth-order valence-corrected chi connectivity index (χ4v) is 4.14. The number of benzene rings is 1. The van der Waals surface area contributed by atoms with E-state index in [-0.39, 0.29) is 5.92 Å². The maximum Gasteiger partial charge on any atom is 0.416 e. The monoisotopic (exact) mass is 426 g/mol. The van der Waals surface area contributed by atoms with E-state index in [1.165, 1.54) is 10.9 Å². The number of nitrogens with zero attached hydrogens (tertiary/aromatic N) is 4.